The van der Waals surface area contributed by atoms with Crippen LogP contribution in [0.15, 0.2) is 47.1 Å². The molecule has 0 fully saturated rings. The average Bonchev–Trinajstić information content (AvgIpc) is 2.59. The minimum atomic E-state index is -0.352. The molecule has 0 amide bonds. The second kappa shape index (κ2) is 8.10. The number of nitrogens with one attached hydrogen (secondary N) is 1. The van der Waals surface area contributed by atoms with Crippen LogP contribution in [0, 0.1) is 5.92 Å². The lowest BCUT2D eigenvalue weighted by atomic mass is 9.98. The van der Waals surface area contributed by atoms with E-state index in [1.807, 2.05) is 12.1 Å². The van der Waals surface area contributed by atoms with Crippen LogP contribution in [0.1, 0.15) is 18.1 Å². The van der Waals surface area contributed by atoms with Gasteiger partial charge in [0.2, 0.25) is 0 Å². The Kier molecular flexibility index (Phi) is 5.87. The summed E-state index contributed by atoms with van der Waals surface area (Å²) in [6.45, 7) is 5.44. The van der Waals surface area contributed by atoms with Crippen molar-refractivity contribution in [3.05, 3.63) is 58.2 Å². The van der Waals surface area contributed by atoms with Crippen LogP contribution in [0.2, 0.25) is 0 Å². The van der Waals surface area contributed by atoms with Crippen molar-refractivity contribution in [1.29, 1.82) is 0 Å². The smallest absolute Gasteiger partial charge is 0.127 e. The first-order valence-corrected chi connectivity index (χ1v) is 9.24. The van der Waals surface area contributed by atoms with Crippen molar-refractivity contribution in [2.45, 2.75) is 26.0 Å². The van der Waals surface area contributed by atoms with Gasteiger partial charge < -0.3 is 10.4 Å². The third-order valence-electron chi connectivity index (χ3n) is 4.64. The molecule has 5 heteroatoms. The SMILES string of the molecule is CC(CNc1cc(Br)ccn1)C(O)CN1CCc2ccccc2C1. The van der Waals surface area contributed by atoms with Crippen molar-refractivity contribution in [1.82, 2.24) is 9.88 Å². The highest BCUT2D eigenvalue weighted by Crippen LogP contribution is 2.20. The second-order valence-electron chi connectivity index (χ2n) is 6.54. The van der Waals surface area contributed by atoms with Crippen molar-refractivity contribution >= 4 is 21.7 Å². The summed E-state index contributed by atoms with van der Waals surface area (Å²) in [6.07, 6.45) is 2.48. The molecule has 0 saturated heterocycles. The van der Waals surface area contributed by atoms with E-state index in [0.29, 0.717) is 13.1 Å². The van der Waals surface area contributed by atoms with Gasteiger partial charge in [-0.25, -0.2) is 4.98 Å². The van der Waals surface area contributed by atoms with Crippen LogP contribution in [0.25, 0.3) is 0 Å². The predicted molar refractivity (Wildman–Crippen MR) is 101 cm³/mol. The van der Waals surface area contributed by atoms with Crippen molar-refractivity contribution in [3.8, 4) is 0 Å². The van der Waals surface area contributed by atoms with E-state index >= 15 is 0 Å². The molecule has 1 aromatic heterocycles. The molecule has 1 aliphatic rings. The molecular formula is C19H24BrN3O. The quantitative estimate of drug-likeness (QED) is 0.795. The molecule has 0 radical (unpaired) electrons. The number of hydrogen-bond donors (Lipinski definition) is 2. The fraction of sp³-hybridized carbons (Fsp3) is 0.421. The van der Waals surface area contributed by atoms with Gasteiger partial charge in [0.25, 0.3) is 0 Å². The molecule has 1 aromatic carbocycles. The summed E-state index contributed by atoms with van der Waals surface area (Å²) in [5.41, 5.74) is 2.83. The standard InChI is InChI=1S/C19H24BrN3O/c1-14(11-22-19-10-17(20)6-8-21-19)18(24)13-23-9-7-15-4-2-3-5-16(15)12-23/h2-6,8,10,14,18,24H,7,9,11-13H2,1H3,(H,21,22). The van der Waals surface area contributed by atoms with E-state index in [-0.39, 0.29) is 12.0 Å². The topological polar surface area (TPSA) is 48.4 Å². The highest BCUT2D eigenvalue weighted by Gasteiger charge is 2.21. The first-order chi connectivity index (χ1) is 11.6. The number of hydrogen-bond acceptors (Lipinski definition) is 4. The molecule has 128 valence electrons. The molecule has 0 saturated carbocycles. The van der Waals surface area contributed by atoms with Crippen LogP contribution in [-0.2, 0) is 13.0 Å². The molecule has 2 atom stereocenters. The number of rotatable bonds is 6. The first kappa shape index (κ1) is 17.4. The molecular weight excluding hydrogens is 366 g/mol. The van der Waals surface area contributed by atoms with Gasteiger partial charge in [-0.3, -0.25) is 4.90 Å². The molecule has 2 aromatic rings. The Bertz CT molecular complexity index is 679. The minimum absolute atomic E-state index is 0.156. The lowest BCUT2D eigenvalue weighted by Crippen LogP contribution is -2.40. The Labute approximate surface area is 152 Å². The largest absolute Gasteiger partial charge is 0.391 e. The van der Waals surface area contributed by atoms with Crippen molar-refractivity contribution < 1.29 is 5.11 Å². The molecule has 3 rings (SSSR count). The number of pyridine rings is 1. The predicted octanol–water partition coefficient (Wildman–Crippen LogP) is 3.31. The summed E-state index contributed by atoms with van der Waals surface area (Å²) in [7, 11) is 0. The van der Waals surface area contributed by atoms with Crippen molar-refractivity contribution in [2.24, 2.45) is 5.92 Å². The first-order valence-electron chi connectivity index (χ1n) is 8.44. The van der Waals surface area contributed by atoms with Gasteiger partial charge in [-0.05, 0) is 29.7 Å². The highest BCUT2D eigenvalue weighted by molar-refractivity contribution is 9.10. The molecule has 2 N–H and O–H groups in total. The molecule has 2 heterocycles. The van der Waals surface area contributed by atoms with Crippen LogP contribution >= 0.6 is 15.9 Å². The maximum atomic E-state index is 10.5. The third kappa shape index (κ3) is 4.56. The van der Waals surface area contributed by atoms with Crippen LogP contribution in [-0.4, -0.2) is 40.7 Å². The lowest BCUT2D eigenvalue weighted by molar-refractivity contribution is 0.0690. The Morgan fingerprint density at radius 1 is 1.29 bits per heavy atom. The van der Waals surface area contributed by atoms with Crippen LogP contribution in [0.5, 0.6) is 0 Å². The number of β-amino-alcohol motifs (C(OH)–C–C–N with tert-alkyl or cyclic N) is 1. The van der Waals surface area contributed by atoms with E-state index in [4.69, 9.17) is 0 Å². The number of benzene rings is 1. The van der Waals surface area contributed by atoms with E-state index in [2.05, 4.69) is 62.3 Å². The Morgan fingerprint density at radius 2 is 2.08 bits per heavy atom. The summed E-state index contributed by atoms with van der Waals surface area (Å²) in [6, 6.07) is 12.4. The molecule has 1 aliphatic heterocycles. The van der Waals surface area contributed by atoms with Crippen molar-refractivity contribution in [2.75, 3.05) is 25.0 Å². The molecule has 4 nitrogen and oxygen atoms in total. The maximum Gasteiger partial charge on any atom is 0.127 e. The molecule has 2 unspecified atom stereocenters. The summed E-state index contributed by atoms with van der Waals surface area (Å²) in [5, 5.41) is 13.8. The van der Waals surface area contributed by atoms with E-state index in [1.54, 1.807) is 6.20 Å². The fourth-order valence-corrected chi connectivity index (χ4v) is 3.39. The van der Waals surface area contributed by atoms with Gasteiger partial charge in [0.15, 0.2) is 0 Å². The second-order valence-corrected chi connectivity index (χ2v) is 7.45. The zero-order valence-electron chi connectivity index (χ0n) is 14.0. The van der Waals surface area contributed by atoms with E-state index in [1.165, 1.54) is 11.1 Å². The van der Waals surface area contributed by atoms with Crippen LogP contribution in [0.4, 0.5) is 5.82 Å². The van der Waals surface area contributed by atoms with E-state index in [9.17, 15) is 5.11 Å². The van der Waals surface area contributed by atoms with Gasteiger partial charge in [0, 0.05) is 42.8 Å². The third-order valence-corrected chi connectivity index (χ3v) is 5.13. The zero-order chi connectivity index (χ0) is 16.9. The van der Waals surface area contributed by atoms with E-state index in [0.717, 1.165) is 29.8 Å². The number of aromatic nitrogens is 1. The minimum Gasteiger partial charge on any atom is -0.391 e. The van der Waals surface area contributed by atoms with E-state index < -0.39 is 0 Å². The lowest BCUT2D eigenvalue weighted by Gasteiger charge is -2.32. The molecule has 24 heavy (non-hydrogen) atoms. The van der Waals surface area contributed by atoms with Crippen molar-refractivity contribution in [3.63, 3.8) is 0 Å². The van der Waals surface area contributed by atoms with Gasteiger partial charge >= 0.3 is 0 Å². The zero-order valence-corrected chi connectivity index (χ0v) is 15.5. The molecule has 0 bridgehead atoms. The average molecular weight is 390 g/mol. The number of fused-ring (bicyclic) bond motifs is 1. The van der Waals surface area contributed by atoms with Gasteiger partial charge in [-0.15, -0.1) is 0 Å². The van der Waals surface area contributed by atoms with Gasteiger partial charge in [-0.1, -0.05) is 47.1 Å². The Morgan fingerprint density at radius 3 is 2.88 bits per heavy atom. The fourth-order valence-electron chi connectivity index (χ4n) is 3.06. The Balaban J connectivity index is 1.49. The summed E-state index contributed by atoms with van der Waals surface area (Å²) >= 11 is 3.44. The number of aliphatic hydroxyl groups is 1. The summed E-state index contributed by atoms with van der Waals surface area (Å²) in [4.78, 5) is 6.63. The number of nitrogens with zero attached hydrogens (tertiary/aromatic N) is 2. The van der Waals surface area contributed by atoms with Gasteiger partial charge in [-0.2, -0.15) is 0 Å². The summed E-state index contributed by atoms with van der Waals surface area (Å²) in [5.74, 6) is 0.985. The highest BCUT2D eigenvalue weighted by atomic mass is 79.9. The monoisotopic (exact) mass is 389 g/mol. The molecule has 0 spiro atoms. The van der Waals surface area contributed by atoms with Crippen LogP contribution < -0.4 is 5.32 Å². The Hall–Kier alpha value is -1.43. The van der Waals surface area contributed by atoms with Crippen LogP contribution in [0.3, 0.4) is 0 Å². The number of aliphatic hydroxyl groups excluding tert-OH is 1. The normalized spacial score (nSPS) is 17.1. The molecule has 0 aliphatic carbocycles. The van der Waals surface area contributed by atoms with Gasteiger partial charge in [0.1, 0.15) is 5.82 Å². The maximum absolute atomic E-state index is 10.5. The summed E-state index contributed by atoms with van der Waals surface area (Å²) < 4.78 is 1.00. The number of anilines is 1. The van der Waals surface area contributed by atoms with Gasteiger partial charge in [0.05, 0.1) is 6.10 Å². The number of halogens is 1.